The molecule has 30 heavy (non-hydrogen) atoms. The Hall–Kier alpha value is -2.56. The van der Waals surface area contributed by atoms with Gasteiger partial charge in [-0.1, -0.05) is 19.1 Å². The molecule has 1 unspecified atom stereocenters. The summed E-state index contributed by atoms with van der Waals surface area (Å²) in [7, 11) is 1.70. The summed E-state index contributed by atoms with van der Waals surface area (Å²) in [6.07, 6.45) is 8.16. The highest BCUT2D eigenvalue weighted by Crippen LogP contribution is 2.35. The lowest BCUT2D eigenvalue weighted by molar-refractivity contribution is -0.121. The van der Waals surface area contributed by atoms with E-state index in [2.05, 4.69) is 46.4 Å². The Morgan fingerprint density at radius 1 is 1.20 bits per heavy atom. The number of nitrogens with one attached hydrogen (secondary N) is 1. The number of hydrogen-bond donors (Lipinski definition) is 1. The molecule has 0 spiro atoms. The van der Waals surface area contributed by atoms with Crippen LogP contribution in [0.4, 0.5) is 5.82 Å². The average molecular weight is 408 g/mol. The first kappa shape index (κ1) is 20.7. The third-order valence-corrected chi connectivity index (χ3v) is 6.63. The second-order valence-electron chi connectivity index (χ2n) is 8.83. The van der Waals surface area contributed by atoms with Crippen LogP contribution in [0, 0.1) is 5.92 Å². The molecule has 1 aliphatic carbocycles. The molecule has 4 rings (SSSR count). The lowest BCUT2D eigenvalue weighted by Crippen LogP contribution is -2.33. The first-order valence-electron chi connectivity index (χ1n) is 11.3. The van der Waals surface area contributed by atoms with E-state index in [1.165, 1.54) is 24.0 Å². The number of benzene rings is 1. The number of anilines is 1. The molecule has 1 N–H and O–H groups in total. The van der Waals surface area contributed by atoms with Gasteiger partial charge in [0.05, 0.1) is 7.11 Å². The van der Waals surface area contributed by atoms with E-state index in [1.807, 2.05) is 12.3 Å². The van der Waals surface area contributed by atoms with E-state index < -0.39 is 0 Å². The van der Waals surface area contributed by atoms with Crippen molar-refractivity contribution in [3.63, 3.8) is 0 Å². The van der Waals surface area contributed by atoms with Crippen molar-refractivity contribution in [2.24, 2.45) is 5.92 Å². The van der Waals surface area contributed by atoms with Gasteiger partial charge in [0.15, 0.2) is 0 Å². The molecule has 160 valence electrons. The van der Waals surface area contributed by atoms with E-state index in [-0.39, 0.29) is 5.91 Å². The number of aryl methyl sites for hydroxylation is 1. The van der Waals surface area contributed by atoms with Crippen molar-refractivity contribution in [3.05, 3.63) is 53.2 Å². The van der Waals surface area contributed by atoms with Gasteiger partial charge >= 0.3 is 0 Å². The number of piperidine rings is 1. The van der Waals surface area contributed by atoms with Crippen LogP contribution >= 0.6 is 0 Å². The van der Waals surface area contributed by atoms with Gasteiger partial charge in [-0.15, -0.1) is 0 Å². The van der Waals surface area contributed by atoms with Crippen LogP contribution < -0.4 is 15.0 Å². The molecule has 5 heteroatoms. The van der Waals surface area contributed by atoms with Crippen LogP contribution in [0.15, 0.2) is 36.5 Å². The lowest BCUT2D eigenvalue weighted by atomic mass is 9.81. The Morgan fingerprint density at radius 3 is 2.77 bits per heavy atom. The number of nitrogens with zero attached hydrogens (tertiary/aromatic N) is 2. The fourth-order valence-electron chi connectivity index (χ4n) is 4.67. The van der Waals surface area contributed by atoms with E-state index in [0.29, 0.717) is 18.9 Å². The molecule has 1 aromatic heterocycles. The minimum atomic E-state index is 0.109. The number of methoxy groups -OCH3 is 1. The molecule has 1 aliphatic heterocycles. The number of pyridine rings is 1. The van der Waals surface area contributed by atoms with E-state index in [4.69, 9.17) is 4.74 Å². The standard InChI is InChI=1S/C25H33N3O2/c1-18-10-12-28(13-11-18)24-9-6-19(16-26-24)17-27-25(29)15-21-5-3-4-20-14-22(30-2)7-8-23(20)21/h6-9,14,16,18,21H,3-5,10-13,15,17H2,1-2H3,(H,27,29). The second-order valence-corrected chi connectivity index (χ2v) is 8.83. The number of amides is 1. The van der Waals surface area contributed by atoms with Crippen molar-refractivity contribution in [2.75, 3.05) is 25.1 Å². The summed E-state index contributed by atoms with van der Waals surface area (Å²) in [4.78, 5) is 19.6. The van der Waals surface area contributed by atoms with Crippen LogP contribution in [0.25, 0.3) is 0 Å². The maximum Gasteiger partial charge on any atom is 0.220 e. The summed E-state index contributed by atoms with van der Waals surface area (Å²) in [5, 5.41) is 3.09. The fourth-order valence-corrected chi connectivity index (χ4v) is 4.67. The highest BCUT2D eigenvalue weighted by Gasteiger charge is 2.23. The quantitative estimate of drug-likeness (QED) is 0.768. The first-order valence-corrected chi connectivity index (χ1v) is 11.3. The lowest BCUT2D eigenvalue weighted by Gasteiger charge is -2.31. The Kier molecular flexibility index (Phi) is 6.56. The number of fused-ring (bicyclic) bond motifs is 1. The van der Waals surface area contributed by atoms with Gasteiger partial charge in [-0.05, 0) is 78.8 Å². The molecule has 0 bridgehead atoms. The predicted molar refractivity (Wildman–Crippen MR) is 120 cm³/mol. The van der Waals surface area contributed by atoms with Crippen LogP contribution in [-0.4, -0.2) is 31.1 Å². The Morgan fingerprint density at radius 2 is 2.03 bits per heavy atom. The molecule has 2 aromatic rings. The van der Waals surface area contributed by atoms with Gasteiger partial charge in [0.2, 0.25) is 5.91 Å². The van der Waals surface area contributed by atoms with Crippen LogP contribution in [0.3, 0.4) is 0 Å². The van der Waals surface area contributed by atoms with E-state index in [1.54, 1.807) is 7.11 Å². The zero-order chi connectivity index (χ0) is 20.9. The highest BCUT2D eigenvalue weighted by molar-refractivity contribution is 5.77. The monoisotopic (exact) mass is 407 g/mol. The molecule has 1 fully saturated rings. The van der Waals surface area contributed by atoms with Gasteiger partial charge in [-0.25, -0.2) is 4.98 Å². The Labute approximate surface area is 179 Å². The Balaban J connectivity index is 1.29. The third kappa shape index (κ3) is 4.94. The summed E-state index contributed by atoms with van der Waals surface area (Å²) < 4.78 is 5.35. The topological polar surface area (TPSA) is 54.5 Å². The smallest absolute Gasteiger partial charge is 0.220 e. The van der Waals surface area contributed by atoms with Crippen LogP contribution in [0.1, 0.15) is 61.6 Å². The van der Waals surface area contributed by atoms with Crippen molar-refractivity contribution in [1.82, 2.24) is 10.3 Å². The van der Waals surface area contributed by atoms with Gasteiger partial charge in [0.25, 0.3) is 0 Å². The largest absolute Gasteiger partial charge is 0.497 e. The fraction of sp³-hybridized carbons (Fsp3) is 0.520. The minimum Gasteiger partial charge on any atom is -0.497 e. The van der Waals surface area contributed by atoms with Gasteiger partial charge in [0.1, 0.15) is 11.6 Å². The van der Waals surface area contributed by atoms with Crippen molar-refractivity contribution in [3.8, 4) is 5.75 Å². The third-order valence-electron chi connectivity index (χ3n) is 6.63. The van der Waals surface area contributed by atoms with Gasteiger partial charge in [-0.3, -0.25) is 4.79 Å². The molecule has 2 heterocycles. The minimum absolute atomic E-state index is 0.109. The summed E-state index contributed by atoms with van der Waals surface area (Å²) in [6.45, 7) is 5.02. The molecular formula is C25H33N3O2. The number of carbonyl (C=O) groups excluding carboxylic acids is 1. The van der Waals surface area contributed by atoms with Gasteiger partial charge in [0, 0.05) is 32.3 Å². The van der Waals surface area contributed by atoms with E-state index in [9.17, 15) is 4.79 Å². The summed E-state index contributed by atoms with van der Waals surface area (Å²) in [5.74, 6) is 3.16. The van der Waals surface area contributed by atoms with Gasteiger partial charge < -0.3 is 15.0 Å². The van der Waals surface area contributed by atoms with E-state index >= 15 is 0 Å². The average Bonchev–Trinajstić information content (AvgIpc) is 2.78. The van der Waals surface area contributed by atoms with Crippen LogP contribution in [0.5, 0.6) is 5.75 Å². The van der Waals surface area contributed by atoms with Crippen molar-refractivity contribution in [1.29, 1.82) is 0 Å². The summed E-state index contributed by atoms with van der Waals surface area (Å²) in [6, 6.07) is 10.4. The molecule has 5 nitrogen and oxygen atoms in total. The molecule has 2 aliphatic rings. The highest BCUT2D eigenvalue weighted by atomic mass is 16.5. The number of ether oxygens (including phenoxy) is 1. The summed E-state index contributed by atoms with van der Waals surface area (Å²) in [5.41, 5.74) is 3.68. The normalized spacial score (nSPS) is 19.3. The zero-order valence-corrected chi connectivity index (χ0v) is 18.2. The van der Waals surface area contributed by atoms with Crippen molar-refractivity contribution in [2.45, 2.75) is 57.9 Å². The molecular weight excluding hydrogens is 374 g/mol. The van der Waals surface area contributed by atoms with E-state index in [0.717, 1.165) is 55.4 Å². The molecule has 1 aromatic carbocycles. The molecule has 1 amide bonds. The predicted octanol–water partition coefficient (Wildman–Crippen LogP) is 4.45. The number of carbonyl (C=O) groups is 1. The first-order chi connectivity index (χ1) is 14.6. The molecule has 1 saturated heterocycles. The molecule has 1 atom stereocenters. The molecule has 0 radical (unpaired) electrons. The second kappa shape index (κ2) is 9.50. The van der Waals surface area contributed by atoms with Crippen molar-refractivity contribution >= 4 is 11.7 Å². The number of rotatable bonds is 6. The number of hydrogen-bond acceptors (Lipinski definition) is 4. The van der Waals surface area contributed by atoms with Crippen LogP contribution in [0.2, 0.25) is 0 Å². The molecule has 0 saturated carbocycles. The maximum absolute atomic E-state index is 12.6. The van der Waals surface area contributed by atoms with Gasteiger partial charge in [-0.2, -0.15) is 0 Å². The zero-order valence-electron chi connectivity index (χ0n) is 18.2. The number of aromatic nitrogens is 1. The van der Waals surface area contributed by atoms with Crippen LogP contribution in [-0.2, 0) is 17.8 Å². The summed E-state index contributed by atoms with van der Waals surface area (Å²) >= 11 is 0. The SMILES string of the molecule is COc1ccc2c(c1)CCCC2CC(=O)NCc1ccc(N2CCC(C)CC2)nc1. The van der Waals surface area contributed by atoms with Crippen molar-refractivity contribution < 1.29 is 9.53 Å². The Bertz CT molecular complexity index is 857. The maximum atomic E-state index is 12.6.